The molecule has 10 aromatic rings. The SMILES string of the molecule is C=Cc1ccccc1C1(c2ccccc2C)c2ccccc2-c2ccc(-c3nc(-c4cc(-c5ccccc5)cc(-c5ccccc5)c4)nc(-c4ccc5ccccc5c4)n3)cc21. The number of aromatic nitrogens is 3. The maximum absolute atomic E-state index is 5.41. The van der Waals surface area contributed by atoms with E-state index in [2.05, 4.69) is 226 Å². The monoisotopic (exact) mass is 791 g/mol. The van der Waals surface area contributed by atoms with Gasteiger partial charge in [0.05, 0.1) is 5.41 Å². The highest BCUT2D eigenvalue weighted by Crippen LogP contribution is 2.58. The van der Waals surface area contributed by atoms with Crippen molar-refractivity contribution in [2.24, 2.45) is 0 Å². The molecule has 11 rings (SSSR count). The number of hydrogen-bond donors (Lipinski definition) is 0. The highest BCUT2D eigenvalue weighted by atomic mass is 15.0. The molecule has 0 radical (unpaired) electrons. The van der Waals surface area contributed by atoms with Gasteiger partial charge in [-0.15, -0.1) is 0 Å². The summed E-state index contributed by atoms with van der Waals surface area (Å²) in [5, 5.41) is 2.30. The van der Waals surface area contributed by atoms with Gasteiger partial charge in [0.25, 0.3) is 0 Å². The van der Waals surface area contributed by atoms with Crippen molar-refractivity contribution < 1.29 is 0 Å². The summed E-state index contributed by atoms with van der Waals surface area (Å²) in [4.78, 5) is 16.1. The van der Waals surface area contributed by atoms with Gasteiger partial charge in [-0.3, -0.25) is 0 Å². The topological polar surface area (TPSA) is 38.7 Å². The molecule has 1 aromatic heterocycles. The fraction of sp³-hybridized carbons (Fsp3) is 0.0339. The molecule has 0 spiro atoms. The first-order valence-electron chi connectivity index (χ1n) is 21.1. The van der Waals surface area contributed by atoms with Gasteiger partial charge in [0.2, 0.25) is 0 Å². The van der Waals surface area contributed by atoms with Crippen LogP contribution in [-0.2, 0) is 5.41 Å². The minimum absolute atomic E-state index is 0.610. The number of nitrogens with zero attached hydrogens (tertiary/aromatic N) is 3. The summed E-state index contributed by atoms with van der Waals surface area (Å²) in [5.41, 5.74) is 16.1. The van der Waals surface area contributed by atoms with E-state index < -0.39 is 5.41 Å². The highest BCUT2D eigenvalue weighted by Gasteiger charge is 2.47. The molecule has 1 unspecified atom stereocenters. The van der Waals surface area contributed by atoms with Crippen molar-refractivity contribution in [2.75, 3.05) is 0 Å². The van der Waals surface area contributed by atoms with Crippen molar-refractivity contribution in [3.63, 3.8) is 0 Å². The Morgan fingerprint density at radius 3 is 1.53 bits per heavy atom. The van der Waals surface area contributed by atoms with Crippen LogP contribution < -0.4 is 0 Å². The number of hydrogen-bond acceptors (Lipinski definition) is 3. The molecule has 0 saturated heterocycles. The smallest absolute Gasteiger partial charge is 0.164 e. The second-order valence-corrected chi connectivity index (χ2v) is 16.1. The molecule has 0 saturated carbocycles. The van der Waals surface area contributed by atoms with Gasteiger partial charge in [0.15, 0.2) is 17.5 Å². The number of benzene rings is 9. The van der Waals surface area contributed by atoms with Gasteiger partial charge in [-0.05, 0) is 115 Å². The first-order valence-corrected chi connectivity index (χ1v) is 21.1. The van der Waals surface area contributed by atoms with Gasteiger partial charge >= 0.3 is 0 Å². The third kappa shape index (κ3) is 6.17. The molecule has 0 amide bonds. The fourth-order valence-electron chi connectivity index (χ4n) is 9.60. The molecule has 62 heavy (non-hydrogen) atoms. The Kier molecular flexibility index (Phi) is 9.09. The zero-order valence-electron chi connectivity index (χ0n) is 34.3. The summed E-state index contributed by atoms with van der Waals surface area (Å²) in [6.07, 6.45) is 1.99. The maximum atomic E-state index is 5.41. The molecule has 0 bridgehead atoms. The third-order valence-electron chi connectivity index (χ3n) is 12.5. The summed E-state index contributed by atoms with van der Waals surface area (Å²) in [7, 11) is 0. The normalized spacial score (nSPS) is 14.0. The lowest BCUT2D eigenvalue weighted by Crippen LogP contribution is -2.30. The first kappa shape index (κ1) is 37.0. The quantitative estimate of drug-likeness (QED) is 0.154. The molecule has 1 atom stereocenters. The van der Waals surface area contributed by atoms with Crippen LogP contribution >= 0.6 is 0 Å². The summed E-state index contributed by atoms with van der Waals surface area (Å²) in [6, 6.07) is 75.7. The Bertz CT molecular complexity index is 3270. The van der Waals surface area contributed by atoms with Crippen LogP contribution in [0, 0.1) is 6.92 Å². The lowest BCUT2D eigenvalue weighted by molar-refractivity contribution is 0.759. The van der Waals surface area contributed by atoms with Crippen LogP contribution in [0.2, 0.25) is 0 Å². The zero-order valence-corrected chi connectivity index (χ0v) is 34.3. The average molecular weight is 792 g/mol. The van der Waals surface area contributed by atoms with E-state index in [1.54, 1.807) is 0 Å². The predicted molar refractivity (Wildman–Crippen MR) is 257 cm³/mol. The third-order valence-corrected chi connectivity index (χ3v) is 12.5. The van der Waals surface area contributed by atoms with Crippen molar-refractivity contribution in [3.8, 4) is 67.5 Å². The van der Waals surface area contributed by atoms with Crippen LogP contribution in [0.15, 0.2) is 219 Å². The Labute approximate surface area is 362 Å². The van der Waals surface area contributed by atoms with Crippen LogP contribution in [0.1, 0.15) is 33.4 Å². The van der Waals surface area contributed by atoms with E-state index in [0.29, 0.717) is 17.5 Å². The standard InChI is InChI=1S/C59H41N3/c1-3-40-19-13-16-28-53(40)59(52-27-15-10-18-39(52)2)54-29-17-14-26-50(54)51-33-32-46(38-55(51)59)57-60-56(45-31-30-43-24-11-12-25-44(43)34-45)61-58(62-57)49-36-47(41-20-6-4-7-21-41)35-48(37-49)42-22-8-5-9-23-42/h3-38H,1H2,2H3. The molecular weight excluding hydrogens is 751 g/mol. The Morgan fingerprint density at radius 2 is 0.855 bits per heavy atom. The molecule has 0 N–H and O–H groups in total. The van der Waals surface area contributed by atoms with Crippen molar-refractivity contribution >= 4 is 16.8 Å². The van der Waals surface area contributed by atoms with Crippen LogP contribution in [0.3, 0.4) is 0 Å². The number of rotatable bonds is 8. The van der Waals surface area contributed by atoms with Crippen LogP contribution in [0.25, 0.3) is 84.4 Å². The van der Waals surface area contributed by atoms with Crippen molar-refractivity contribution in [2.45, 2.75) is 12.3 Å². The lowest BCUT2D eigenvalue weighted by Gasteiger charge is -2.36. The van der Waals surface area contributed by atoms with Gasteiger partial charge in [0, 0.05) is 16.7 Å². The maximum Gasteiger partial charge on any atom is 0.164 e. The van der Waals surface area contributed by atoms with E-state index in [9.17, 15) is 0 Å². The van der Waals surface area contributed by atoms with Crippen molar-refractivity contribution in [1.82, 2.24) is 15.0 Å². The molecular formula is C59H41N3. The summed E-state index contributed by atoms with van der Waals surface area (Å²) in [5.74, 6) is 1.84. The van der Waals surface area contributed by atoms with Gasteiger partial charge in [-0.2, -0.15) is 0 Å². The Morgan fingerprint density at radius 1 is 0.355 bits per heavy atom. The molecule has 3 heteroatoms. The molecule has 1 aliphatic carbocycles. The molecule has 0 aliphatic heterocycles. The lowest BCUT2D eigenvalue weighted by atomic mass is 9.65. The minimum Gasteiger partial charge on any atom is -0.208 e. The van der Waals surface area contributed by atoms with E-state index in [-0.39, 0.29) is 0 Å². The summed E-state index contributed by atoms with van der Waals surface area (Å²) in [6.45, 7) is 6.53. The Hall–Kier alpha value is -8.01. The van der Waals surface area contributed by atoms with Gasteiger partial charge in [0.1, 0.15) is 0 Å². The highest BCUT2D eigenvalue weighted by molar-refractivity contribution is 5.90. The summed E-state index contributed by atoms with van der Waals surface area (Å²) < 4.78 is 0. The van der Waals surface area contributed by atoms with Crippen LogP contribution in [0.4, 0.5) is 0 Å². The number of aryl methyl sites for hydroxylation is 1. The van der Waals surface area contributed by atoms with E-state index in [0.717, 1.165) is 49.9 Å². The zero-order chi connectivity index (χ0) is 41.6. The van der Waals surface area contributed by atoms with Crippen molar-refractivity contribution in [3.05, 3.63) is 252 Å². The van der Waals surface area contributed by atoms with Crippen LogP contribution in [0.5, 0.6) is 0 Å². The van der Waals surface area contributed by atoms with Crippen molar-refractivity contribution in [1.29, 1.82) is 0 Å². The number of fused-ring (bicyclic) bond motifs is 4. The minimum atomic E-state index is -0.635. The van der Waals surface area contributed by atoms with E-state index >= 15 is 0 Å². The van der Waals surface area contributed by atoms with E-state index in [1.807, 2.05) is 6.08 Å². The van der Waals surface area contributed by atoms with E-state index in [1.165, 1.54) is 44.3 Å². The molecule has 9 aromatic carbocycles. The van der Waals surface area contributed by atoms with E-state index in [4.69, 9.17) is 15.0 Å². The fourth-order valence-corrected chi connectivity index (χ4v) is 9.60. The second-order valence-electron chi connectivity index (χ2n) is 16.1. The molecule has 0 fully saturated rings. The summed E-state index contributed by atoms with van der Waals surface area (Å²) >= 11 is 0. The van der Waals surface area contributed by atoms with Crippen LogP contribution in [-0.4, -0.2) is 15.0 Å². The molecule has 292 valence electrons. The van der Waals surface area contributed by atoms with Gasteiger partial charge in [-0.1, -0.05) is 195 Å². The Balaban J connectivity index is 1.18. The first-order chi connectivity index (χ1) is 30.6. The molecule has 1 heterocycles. The largest absolute Gasteiger partial charge is 0.208 e. The predicted octanol–water partition coefficient (Wildman–Crippen LogP) is 14.7. The molecule has 3 nitrogen and oxygen atoms in total. The van der Waals surface area contributed by atoms with Gasteiger partial charge < -0.3 is 0 Å². The second kappa shape index (κ2) is 15.2. The average Bonchev–Trinajstić information content (AvgIpc) is 3.64. The molecule has 1 aliphatic rings. The van der Waals surface area contributed by atoms with Gasteiger partial charge in [-0.25, -0.2) is 15.0 Å².